The molecule has 37 heavy (non-hydrogen) atoms. The zero-order valence-electron chi connectivity index (χ0n) is 19.1. The molecule has 11 nitrogen and oxygen atoms in total. The molecule has 1 heterocycles. The number of hydrogen-bond acceptors (Lipinski definition) is 10. The summed E-state index contributed by atoms with van der Waals surface area (Å²) in [5.74, 6) is -4.96. The predicted octanol–water partition coefficient (Wildman–Crippen LogP) is 3.39. The van der Waals surface area contributed by atoms with E-state index in [9.17, 15) is 38.1 Å². The number of nitrogens with two attached hydrogens (primary N) is 1. The molecule has 0 bridgehead atoms. The SMILES string of the molecule is COC(=O)C1=C(C(=O)OC)N(c2ccc(OC(F)(F)F)c([N+](=O)[O-])c2)C(N)=C(C#N)C1c1ccccc1. The summed E-state index contributed by atoms with van der Waals surface area (Å²) in [6, 6.07) is 12.1. The zero-order chi connectivity index (χ0) is 27.5. The number of nitro groups is 1. The van der Waals surface area contributed by atoms with E-state index in [0.29, 0.717) is 17.7 Å². The lowest BCUT2D eigenvalue weighted by Crippen LogP contribution is -2.40. The van der Waals surface area contributed by atoms with Gasteiger partial charge in [-0.05, 0) is 17.7 Å². The van der Waals surface area contributed by atoms with Crippen LogP contribution in [0.3, 0.4) is 0 Å². The quantitative estimate of drug-likeness (QED) is 0.341. The molecule has 2 N–H and O–H groups in total. The van der Waals surface area contributed by atoms with E-state index in [0.717, 1.165) is 25.2 Å². The molecule has 0 amide bonds. The van der Waals surface area contributed by atoms with Gasteiger partial charge in [0.25, 0.3) is 0 Å². The van der Waals surface area contributed by atoms with E-state index in [4.69, 9.17) is 15.2 Å². The van der Waals surface area contributed by atoms with Gasteiger partial charge in [0.05, 0.1) is 48.0 Å². The van der Waals surface area contributed by atoms with Gasteiger partial charge in [-0.15, -0.1) is 13.2 Å². The number of esters is 2. The van der Waals surface area contributed by atoms with Crippen molar-refractivity contribution in [1.29, 1.82) is 5.26 Å². The molecular formula is C23H17F3N4O7. The Morgan fingerprint density at radius 2 is 1.73 bits per heavy atom. The lowest BCUT2D eigenvalue weighted by Gasteiger charge is -2.35. The summed E-state index contributed by atoms with van der Waals surface area (Å²) in [5, 5.41) is 21.5. The van der Waals surface area contributed by atoms with E-state index in [1.54, 1.807) is 30.3 Å². The number of benzene rings is 2. The van der Waals surface area contributed by atoms with Crippen LogP contribution in [0.1, 0.15) is 11.5 Å². The van der Waals surface area contributed by atoms with Crippen LogP contribution in [0.2, 0.25) is 0 Å². The minimum atomic E-state index is -5.23. The molecule has 2 aromatic carbocycles. The van der Waals surface area contributed by atoms with Crippen molar-refractivity contribution in [3.05, 3.63) is 86.9 Å². The highest BCUT2D eigenvalue weighted by atomic mass is 19.4. The molecule has 2 aromatic rings. The molecule has 1 unspecified atom stereocenters. The fourth-order valence-corrected chi connectivity index (χ4v) is 3.78. The van der Waals surface area contributed by atoms with Gasteiger partial charge in [-0.1, -0.05) is 30.3 Å². The van der Waals surface area contributed by atoms with Crippen molar-refractivity contribution in [3.8, 4) is 11.8 Å². The summed E-state index contributed by atoms with van der Waals surface area (Å²) >= 11 is 0. The largest absolute Gasteiger partial charge is 0.573 e. The first kappa shape index (κ1) is 26.5. The van der Waals surface area contributed by atoms with Crippen LogP contribution in [0.5, 0.6) is 5.75 Å². The molecule has 1 atom stereocenters. The lowest BCUT2D eigenvalue weighted by molar-refractivity contribution is -0.388. The number of nitriles is 1. The Labute approximate surface area is 206 Å². The Bertz CT molecular complexity index is 1360. The Morgan fingerprint density at radius 3 is 2.24 bits per heavy atom. The van der Waals surface area contributed by atoms with Crippen molar-refractivity contribution in [2.75, 3.05) is 19.1 Å². The van der Waals surface area contributed by atoms with Crippen molar-refractivity contribution in [2.45, 2.75) is 12.3 Å². The maximum atomic E-state index is 13.0. The summed E-state index contributed by atoms with van der Waals surface area (Å²) in [6.07, 6.45) is -5.23. The standard InChI is InChI=1S/C23H17F3N4O7/c1-35-21(31)18-17(12-6-4-3-5-7-12)14(11-27)20(28)29(19(18)22(32)36-2)13-8-9-16(37-23(24,25)26)15(10-13)30(33)34/h3-10,17H,28H2,1-2H3. The Hall–Kier alpha value is -5.06. The highest BCUT2D eigenvalue weighted by molar-refractivity contribution is 6.06. The third-order valence-corrected chi connectivity index (χ3v) is 5.23. The number of allylic oxidation sites excluding steroid dienone is 1. The van der Waals surface area contributed by atoms with Gasteiger partial charge < -0.3 is 19.9 Å². The van der Waals surface area contributed by atoms with E-state index >= 15 is 0 Å². The van der Waals surface area contributed by atoms with E-state index in [-0.39, 0.29) is 16.8 Å². The number of methoxy groups -OCH3 is 2. The molecule has 0 radical (unpaired) electrons. The van der Waals surface area contributed by atoms with Gasteiger partial charge in [0, 0.05) is 6.07 Å². The number of halogens is 3. The second-order valence-corrected chi connectivity index (χ2v) is 7.29. The summed E-state index contributed by atoms with van der Waals surface area (Å²) in [5.41, 5.74) is 3.99. The molecule has 1 aliphatic rings. The first-order chi connectivity index (χ1) is 17.4. The smallest absolute Gasteiger partial charge is 0.466 e. The number of carbonyl (C=O) groups is 2. The molecule has 0 fully saturated rings. The molecule has 0 saturated heterocycles. The third-order valence-electron chi connectivity index (χ3n) is 5.23. The average molecular weight is 518 g/mol. The topological polar surface area (TPSA) is 158 Å². The second-order valence-electron chi connectivity index (χ2n) is 7.29. The molecular weight excluding hydrogens is 501 g/mol. The second kappa shape index (κ2) is 10.3. The van der Waals surface area contributed by atoms with Crippen LogP contribution in [0.4, 0.5) is 24.5 Å². The summed E-state index contributed by atoms with van der Waals surface area (Å²) in [7, 11) is 2.01. The Balaban J connectivity index is 2.38. The number of nitrogens with zero attached hydrogens (tertiary/aromatic N) is 3. The number of rotatable bonds is 6. The summed E-state index contributed by atoms with van der Waals surface area (Å²) in [6.45, 7) is 0. The van der Waals surface area contributed by atoms with E-state index < -0.39 is 52.1 Å². The Morgan fingerprint density at radius 1 is 1.11 bits per heavy atom. The summed E-state index contributed by atoms with van der Waals surface area (Å²) in [4.78, 5) is 37.1. The van der Waals surface area contributed by atoms with E-state index in [1.165, 1.54) is 0 Å². The van der Waals surface area contributed by atoms with Crippen LogP contribution in [0.25, 0.3) is 0 Å². The number of carbonyl (C=O) groups excluding carboxylic acids is 2. The first-order valence-electron chi connectivity index (χ1n) is 10.1. The number of nitro benzene ring substituents is 1. The molecule has 0 aromatic heterocycles. The highest BCUT2D eigenvalue weighted by Crippen LogP contribution is 2.44. The molecule has 0 aliphatic carbocycles. The highest BCUT2D eigenvalue weighted by Gasteiger charge is 2.43. The Kier molecular flexibility index (Phi) is 7.38. The van der Waals surface area contributed by atoms with Gasteiger partial charge in [-0.3, -0.25) is 15.0 Å². The predicted molar refractivity (Wildman–Crippen MR) is 119 cm³/mol. The molecule has 0 saturated carbocycles. The van der Waals surface area contributed by atoms with Gasteiger partial charge in [0.15, 0.2) is 0 Å². The van der Waals surface area contributed by atoms with Gasteiger partial charge in [0.2, 0.25) is 5.75 Å². The van der Waals surface area contributed by atoms with E-state index in [1.807, 2.05) is 6.07 Å². The fourth-order valence-electron chi connectivity index (χ4n) is 3.78. The summed E-state index contributed by atoms with van der Waals surface area (Å²) < 4.78 is 51.7. The van der Waals surface area contributed by atoms with Crippen molar-refractivity contribution >= 4 is 23.3 Å². The molecule has 1 aliphatic heterocycles. The van der Waals surface area contributed by atoms with Crippen molar-refractivity contribution < 1.29 is 41.9 Å². The fraction of sp³-hybridized carbons (Fsp3) is 0.174. The molecule has 192 valence electrons. The molecule has 14 heteroatoms. The van der Waals surface area contributed by atoms with Crippen LogP contribution in [-0.4, -0.2) is 37.4 Å². The van der Waals surface area contributed by atoms with Gasteiger partial charge in [0.1, 0.15) is 11.5 Å². The normalized spacial score (nSPS) is 15.7. The van der Waals surface area contributed by atoms with Crippen LogP contribution in [0, 0.1) is 21.4 Å². The van der Waals surface area contributed by atoms with Crippen molar-refractivity contribution in [1.82, 2.24) is 0 Å². The maximum absolute atomic E-state index is 13.0. The molecule has 3 rings (SSSR count). The minimum absolute atomic E-state index is 0.238. The third kappa shape index (κ3) is 5.15. The first-order valence-corrected chi connectivity index (χ1v) is 10.1. The van der Waals surface area contributed by atoms with Crippen molar-refractivity contribution in [2.24, 2.45) is 5.73 Å². The molecule has 0 spiro atoms. The van der Waals surface area contributed by atoms with Gasteiger partial charge in [-0.25, -0.2) is 9.59 Å². The van der Waals surface area contributed by atoms with E-state index in [2.05, 4.69) is 4.74 Å². The van der Waals surface area contributed by atoms with Gasteiger partial charge >= 0.3 is 24.0 Å². The minimum Gasteiger partial charge on any atom is -0.466 e. The number of hydrogen-bond donors (Lipinski definition) is 1. The lowest BCUT2D eigenvalue weighted by atomic mass is 9.81. The van der Waals surface area contributed by atoms with Crippen molar-refractivity contribution in [3.63, 3.8) is 0 Å². The van der Waals surface area contributed by atoms with Crippen LogP contribution < -0.4 is 15.4 Å². The zero-order valence-corrected chi connectivity index (χ0v) is 19.1. The number of anilines is 1. The van der Waals surface area contributed by atoms with Gasteiger partial charge in [-0.2, -0.15) is 5.26 Å². The number of ether oxygens (including phenoxy) is 3. The monoisotopic (exact) mass is 518 g/mol. The van der Waals surface area contributed by atoms with Crippen LogP contribution in [-0.2, 0) is 19.1 Å². The number of alkyl halides is 3. The maximum Gasteiger partial charge on any atom is 0.573 e. The van der Waals surface area contributed by atoms with Crippen LogP contribution in [0.15, 0.2) is 71.2 Å². The van der Waals surface area contributed by atoms with Crippen LogP contribution >= 0.6 is 0 Å². The average Bonchev–Trinajstić information content (AvgIpc) is 2.86.